The number of aryl methyl sites for hydroxylation is 1. The van der Waals surface area contributed by atoms with Crippen molar-refractivity contribution in [3.63, 3.8) is 0 Å². The monoisotopic (exact) mass is 344 g/mol. The number of fused-ring (bicyclic) bond motifs is 1. The molecule has 0 bridgehead atoms. The van der Waals surface area contributed by atoms with Crippen LogP contribution in [-0.4, -0.2) is 23.9 Å². The number of nitrogens with one attached hydrogen (secondary N) is 1. The molecule has 1 fully saturated rings. The number of benzene rings is 1. The third-order valence-corrected chi connectivity index (χ3v) is 4.98. The topological polar surface area (TPSA) is 81.7 Å². The van der Waals surface area contributed by atoms with Gasteiger partial charge in [-0.15, -0.1) is 0 Å². The van der Waals surface area contributed by atoms with E-state index in [9.17, 15) is 13.2 Å². The molecule has 4 rings (SSSR count). The van der Waals surface area contributed by atoms with Crippen LogP contribution in [0.1, 0.15) is 35.6 Å². The van der Waals surface area contributed by atoms with E-state index in [1.807, 2.05) is 0 Å². The van der Waals surface area contributed by atoms with Crippen LogP contribution in [0, 0.1) is 12.7 Å². The van der Waals surface area contributed by atoms with Crippen LogP contribution < -0.4 is 0 Å². The van der Waals surface area contributed by atoms with Crippen molar-refractivity contribution in [2.24, 2.45) is 0 Å². The van der Waals surface area contributed by atoms with E-state index < -0.39 is 16.9 Å². The highest BCUT2D eigenvalue weighted by Gasteiger charge is 2.29. The fraction of sp³-hybridized carbons (Fsp3) is 0.294. The van der Waals surface area contributed by atoms with Crippen LogP contribution in [0.25, 0.3) is 22.2 Å². The smallest absolute Gasteiger partial charge is 0.132 e. The maximum absolute atomic E-state index is 14.7. The van der Waals surface area contributed by atoms with Gasteiger partial charge in [-0.1, -0.05) is 11.1 Å². The van der Waals surface area contributed by atoms with Crippen LogP contribution >= 0.6 is 0 Å². The Kier molecular flexibility index (Phi) is 3.69. The van der Waals surface area contributed by atoms with Gasteiger partial charge in [0.2, 0.25) is 0 Å². The van der Waals surface area contributed by atoms with Gasteiger partial charge in [0.15, 0.2) is 0 Å². The summed E-state index contributed by atoms with van der Waals surface area (Å²) in [6.45, 7) is 1.78. The van der Waals surface area contributed by atoms with Gasteiger partial charge < -0.3 is 4.55 Å². The molecular weight excluding hydrogens is 329 g/mol. The predicted molar refractivity (Wildman–Crippen MR) is 88.6 cm³/mol. The van der Waals surface area contributed by atoms with Crippen molar-refractivity contribution in [3.8, 4) is 11.3 Å². The molecule has 0 spiro atoms. The lowest BCUT2D eigenvalue weighted by molar-refractivity contribution is 0.536. The molecule has 5 nitrogen and oxygen atoms in total. The van der Waals surface area contributed by atoms with Crippen molar-refractivity contribution in [2.75, 3.05) is 0 Å². The first-order valence-electron chi connectivity index (χ1n) is 7.73. The number of hydrogen-bond acceptors (Lipinski definition) is 4. The summed E-state index contributed by atoms with van der Waals surface area (Å²) in [5.41, 5.74) is 3.90. The first-order chi connectivity index (χ1) is 11.5. The number of hydrogen-bond donors (Lipinski definition) is 1. The zero-order valence-corrected chi connectivity index (χ0v) is 13.8. The highest BCUT2D eigenvalue weighted by atomic mass is 32.2. The number of pyridine rings is 1. The Labute approximate surface area is 140 Å². The number of halogens is 1. The van der Waals surface area contributed by atoms with Gasteiger partial charge in [-0.3, -0.25) is 14.3 Å². The summed E-state index contributed by atoms with van der Waals surface area (Å²) >= 11 is -2.25. The van der Waals surface area contributed by atoms with Crippen molar-refractivity contribution < 1.29 is 13.2 Å². The lowest BCUT2D eigenvalue weighted by Gasteiger charge is -2.12. The summed E-state index contributed by atoms with van der Waals surface area (Å²) in [6, 6.07) is 4.77. The number of rotatable bonds is 4. The third-order valence-electron chi connectivity index (χ3n) is 4.43. The zero-order chi connectivity index (χ0) is 16.8. The van der Waals surface area contributed by atoms with Gasteiger partial charge in [0, 0.05) is 34.5 Å². The summed E-state index contributed by atoms with van der Waals surface area (Å²) in [7, 11) is 0. The molecule has 124 valence electrons. The minimum Gasteiger partial charge on any atom is -0.772 e. The average Bonchev–Trinajstić information content (AvgIpc) is 3.29. The Morgan fingerprint density at radius 3 is 2.92 bits per heavy atom. The molecule has 1 N–H and O–H groups in total. The Morgan fingerprint density at radius 2 is 2.21 bits per heavy atom. The molecule has 1 aromatic carbocycles. The normalized spacial score (nSPS) is 15.8. The van der Waals surface area contributed by atoms with Gasteiger partial charge in [0.1, 0.15) is 5.82 Å². The van der Waals surface area contributed by atoms with Gasteiger partial charge in [-0.05, 0) is 49.1 Å². The molecule has 1 aliphatic carbocycles. The quantitative estimate of drug-likeness (QED) is 0.736. The van der Waals surface area contributed by atoms with E-state index >= 15 is 0 Å². The second-order valence-corrected chi connectivity index (χ2v) is 7.07. The minimum absolute atomic E-state index is 0.195. The molecule has 3 aromatic rings. The summed E-state index contributed by atoms with van der Waals surface area (Å²) in [6.07, 6.45) is 3.81. The molecule has 1 aliphatic rings. The van der Waals surface area contributed by atoms with Gasteiger partial charge >= 0.3 is 0 Å². The molecule has 1 atom stereocenters. The first kappa shape index (κ1) is 15.4. The van der Waals surface area contributed by atoms with Gasteiger partial charge in [-0.2, -0.15) is 5.10 Å². The summed E-state index contributed by atoms with van der Waals surface area (Å²) in [5.74, 6) is -0.229. The number of aromatic nitrogens is 3. The minimum atomic E-state index is -2.25. The second-order valence-electron chi connectivity index (χ2n) is 6.17. The molecule has 0 amide bonds. The average molecular weight is 344 g/mol. The Hall–Kier alpha value is -2.12. The molecule has 0 saturated heterocycles. The summed E-state index contributed by atoms with van der Waals surface area (Å²) < 4.78 is 36.5. The lowest BCUT2D eigenvalue weighted by Crippen LogP contribution is -2.00. The van der Waals surface area contributed by atoms with E-state index in [1.54, 1.807) is 25.3 Å². The molecule has 0 radical (unpaired) electrons. The van der Waals surface area contributed by atoms with E-state index in [0.717, 1.165) is 35.0 Å². The van der Waals surface area contributed by atoms with Crippen molar-refractivity contribution in [3.05, 3.63) is 47.0 Å². The van der Waals surface area contributed by atoms with Crippen molar-refractivity contribution in [1.82, 2.24) is 15.2 Å². The Balaban J connectivity index is 1.90. The molecule has 0 aliphatic heterocycles. The maximum atomic E-state index is 14.7. The highest BCUT2D eigenvalue weighted by Crippen LogP contribution is 2.44. The van der Waals surface area contributed by atoms with Crippen LogP contribution in [0.4, 0.5) is 4.39 Å². The van der Waals surface area contributed by atoms with Crippen molar-refractivity contribution >= 4 is 22.0 Å². The van der Waals surface area contributed by atoms with E-state index in [1.165, 1.54) is 6.07 Å². The van der Waals surface area contributed by atoms with E-state index in [0.29, 0.717) is 22.7 Å². The molecule has 2 aromatic heterocycles. The van der Waals surface area contributed by atoms with Gasteiger partial charge in [0.05, 0.1) is 11.2 Å². The molecule has 2 heterocycles. The standard InChI is InChI=1S/C17H16FN3O2S/c1-9-6-12(13(18)7-11(9)8-24(22)23)17-15-14(4-5-19-17)20-21-16(15)10-2-3-10/h4-7,10H,2-3,8H2,1H3,(H,20,21)(H,22,23)/p-1. The molecule has 1 saturated carbocycles. The molecule has 24 heavy (non-hydrogen) atoms. The highest BCUT2D eigenvalue weighted by molar-refractivity contribution is 7.78. The molecule has 7 heteroatoms. The molecular formula is C17H15FN3O2S-. The van der Waals surface area contributed by atoms with Crippen LogP contribution in [0.2, 0.25) is 0 Å². The van der Waals surface area contributed by atoms with E-state index in [4.69, 9.17) is 0 Å². The fourth-order valence-electron chi connectivity index (χ4n) is 3.04. The van der Waals surface area contributed by atoms with E-state index in [-0.39, 0.29) is 5.75 Å². The number of nitrogens with zero attached hydrogens (tertiary/aromatic N) is 2. The molecule has 1 unspecified atom stereocenters. The maximum Gasteiger partial charge on any atom is 0.132 e. The van der Waals surface area contributed by atoms with Crippen LogP contribution in [0.5, 0.6) is 0 Å². The summed E-state index contributed by atoms with van der Waals surface area (Å²) in [4.78, 5) is 4.39. The Bertz CT molecular complexity index is 966. The second kappa shape index (κ2) is 5.75. The number of H-pyrrole nitrogens is 1. The van der Waals surface area contributed by atoms with E-state index in [2.05, 4.69) is 15.2 Å². The SMILES string of the molecule is Cc1cc(-c2nccc3n[nH]c(C4CC4)c23)c(F)cc1CS(=O)[O-]. The van der Waals surface area contributed by atoms with Crippen LogP contribution in [0.3, 0.4) is 0 Å². The lowest BCUT2D eigenvalue weighted by atomic mass is 9.99. The predicted octanol–water partition coefficient (Wildman–Crippen LogP) is 3.33. The van der Waals surface area contributed by atoms with Crippen LogP contribution in [0.15, 0.2) is 24.4 Å². The van der Waals surface area contributed by atoms with Crippen LogP contribution in [-0.2, 0) is 16.8 Å². The van der Waals surface area contributed by atoms with Crippen molar-refractivity contribution in [2.45, 2.75) is 31.4 Å². The number of aromatic amines is 1. The first-order valence-corrected chi connectivity index (χ1v) is 8.97. The van der Waals surface area contributed by atoms with Crippen molar-refractivity contribution in [1.29, 1.82) is 0 Å². The van der Waals surface area contributed by atoms with Gasteiger partial charge in [-0.25, -0.2) is 4.39 Å². The zero-order valence-electron chi connectivity index (χ0n) is 13.0. The Morgan fingerprint density at radius 1 is 1.42 bits per heavy atom. The summed E-state index contributed by atoms with van der Waals surface area (Å²) in [5, 5.41) is 8.23. The third kappa shape index (κ3) is 2.63. The fourth-order valence-corrected chi connectivity index (χ4v) is 3.61. The van der Waals surface area contributed by atoms with Gasteiger partial charge in [0.25, 0.3) is 0 Å². The largest absolute Gasteiger partial charge is 0.772 e.